The highest BCUT2D eigenvalue weighted by Crippen LogP contribution is 2.41. The summed E-state index contributed by atoms with van der Waals surface area (Å²) in [5, 5.41) is 6.15. The van der Waals surface area contributed by atoms with Crippen molar-refractivity contribution in [1.29, 1.82) is 0 Å². The van der Waals surface area contributed by atoms with Gasteiger partial charge < -0.3 is 20.3 Å². The largest absolute Gasteiger partial charge is 0.515 e. The number of amides is 2. The summed E-state index contributed by atoms with van der Waals surface area (Å²) in [6, 6.07) is -0.825. The molecule has 0 spiro atoms. The molecule has 0 aliphatic carbocycles. The maximum atomic E-state index is 13.0. The van der Waals surface area contributed by atoms with E-state index in [1.807, 2.05) is 19.6 Å². The van der Waals surface area contributed by atoms with E-state index < -0.39 is 31.6 Å². The van der Waals surface area contributed by atoms with Gasteiger partial charge in [0, 0.05) is 28.1 Å². The minimum absolute atomic E-state index is 0.0499. The summed E-state index contributed by atoms with van der Waals surface area (Å²) in [5.41, 5.74) is 6.87. The number of aromatic nitrogens is 2. The van der Waals surface area contributed by atoms with Gasteiger partial charge in [-0.1, -0.05) is 27.7 Å². The number of thioether (sulfide) groups is 1. The molecule has 11 nitrogen and oxygen atoms in total. The van der Waals surface area contributed by atoms with Crippen molar-refractivity contribution in [3.63, 3.8) is 0 Å². The van der Waals surface area contributed by atoms with Crippen LogP contribution in [0.15, 0.2) is 28.8 Å². The first-order valence-electron chi connectivity index (χ1n) is 10.1. The van der Waals surface area contributed by atoms with Gasteiger partial charge in [0.05, 0.1) is 0 Å². The molecule has 33 heavy (non-hydrogen) atoms. The van der Waals surface area contributed by atoms with E-state index in [0.717, 1.165) is 5.57 Å². The van der Waals surface area contributed by atoms with Crippen LogP contribution in [0, 0.1) is 0 Å². The number of nitrogen functional groups attached to an aromatic ring is 1. The highest BCUT2D eigenvalue weighted by molar-refractivity contribution is 14.1. The van der Waals surface area contributed by atoms with Crippen molar-refractivity contribution < 1.29 is 23.6 Å². The van der Waals surface area contributed by atoms with Crippen LogP contribution in [0.2, 0.25) is 19.6 Å². The van der Waals surface area contributed by atoms with Crippen LogP contribution < -0.4 is 11.1 Å². The molecule has 0 aromatic carbocycles. The number of hydrogen-bond donors (Lipinski definition) is 2. The Hall–Kier alpha value is -2.20. The molecular formula is C19H25IN6O5SSi. The summed E-state index contributed by atoms with van der Waals surface area (Å²) in [4.78, 5) is 53.2. The maximum Gasteiger partial charge on any atom is 0.341 e. The Morgan fingerprint density at radius 1 is 1.36 bits per heavy atom. The Bertz CT molecular complexity index is 1010. The van der Waals surface area contributed by atoms with Crippen molar-refractivity contribution in [2.45, 2.75) is 38.0 Å². The van der Waals surface area contributed by atoms with Crippen molar-refractivity contribution in [2.24, 2.45) is 5.16 Å². The zero-order valence-corrected chi connectivity index (χ0v) is 22.6. The number of alkyl halides is 1. The van der Waals surface area contributed by atoms with Crippen LogP contribution in [-0.4, -0.2) is 74.9 Å². The Morgan fingerprint density at radius 3 is 2.61 bits per heavy atom. The first-order valence-corrected chi connectivity index (χ1v) is 16.1. The molecule has 1 aromatic heterocycles. The van der Waals surface area contributed by atoms with Crippen molar-refractivity contribution in [3.8, 4) is 0 Å². The van der Waals surface area contributed by atoms with Gasteiger partial charge in [0.1, 0.15) is 23.7 Å². The number of carbonyl (C=O) groups is 3. The zero-order chi connectivity index (χ0) is 24.3. The lowest BCUT2D eigenvalue weighted by atomic mass is 10.0. The Labute approximate surface area is 210 Å². The highest BCUT2D eigenvalue weighted by Gasteiger charge is 2.54. The molecule has 2 atom stereocenters. The molecule has 178 valence electrons. The molecule has 1 fully saturated rings. The van der Waals surface area contributed by atoms with Gasteiger partial charge in [0.15, 0.2) is 5.71 Å². The van der Waals surface area contributed by atoms with Crippen LogP contribution >= 0.6 is 34.4 Å². The number of rotatable bonds is 8. The van der Waals surface area contributed by atoms with Gasteiger partial charge in [0.25, 0.3) is 11.8 Å². The van der Waals surface area contributed by atoms with Crippen LogP contribution in [0.25, 0.3) is 0 Å². The van der Waals surface area contributed by atoms with Crippen LogP contribution in [0.1, 0.15) is 12.5 Å². The van der Waals surface area contributed by atoms with Crippen molar-refractivity contribution in [3.05, 3.63) is 29.2 Å². The van der Waals surface area contributed by atoms with Crippen molar-refractivity contribution >= 4 is 72.1 Å². The van der Waals surface area contributed by atoms with Crippen molar-refractivity contribution in [2.75, 3.05) is 22.5 Å². The molecular weight excluding hydrogens is 579 g/mol. The SMILES string of the molecule is CCO/N=C(/C(=O)NC1C(=O)N2C(C(=O)O[Si](C)(C)C)=C(CI)CS[C@H]12)c1cnc(N)nc1. The molecule has 0 radical (unpaired) electrons. The first kappa shape index (κ1) is 25.4. The molecule has 2 amide bonds. The Kier molecular flexibility index (Phi) is 7.99. The summed E-state index contributed by atoms with van der Waals surface area (Å²) in [5.74, 6) is -0.873. The van der Waals surface area contributed by atoms with E-state index in [9.17, 15) is 14.4 Å². The van der Waals surface area contributed by atoms with Crippen LogP contribution in [0.3, 0.4) is 0 Å². The van der Waals surface area contributed by atoms with E-state index in [1.165, 1.54) is 29.1 Å². The maximum absolute atomic E-state index is 13.0. The standard InChI is InChI=1S/C19H25IN6O5SSi/c1-5-30-25-12(11-7-22-19(21)23-8-11)15(27)24-13-16(28)26-14(18(29)31-33(2,3)4)10(6-20)9-32-17(13)26/h7-8,13,17H,5-6,9H2,1-4H3,(H,24,27)(H2,21,22,23)/b25-12+/t13?,17-/m1/s1. The van der Waals surface area contributed by atoms with Crippen LogP contribution in [0.5, 0.6) is 0 Å². The zero-order valence-electron chi connectivity index (χ0n) is 18.6. The second-order valence-electron chi connectivity index (χ2n) is 8.14. The average molecular weight is 605 g/mol. The van der Waals surface area contributed by atoms with Crippen molar-refractivity contribution in [1.82, 2.24) is 20.2 Å². The average Bonchev–Trinajstić information content (AvgIpc) is 2.76. The molecule has 3 heterocycles. The normalized spacial score (nSPS) is 20.7. The third-order valence-corrected chi connectivity index (χ3v) is 7.59. The second kappa shape index (κ2) is 10.4. The lowest BCUT2D eigenvalue weighted by Crippen LogP contribution is -2.71. The van der Waals surface area contributed by atoms with E-state index in [1.54, 1.807) is 6.92 Å². The Morgan fingerprint density at radius 2 is 2.03 bits per heavy atom. The molecule has 3 N–H and O–H groups in total. The van der Waals surface area contributed by atoms with Gasteiger partial charge in [-0.05, 0) is 32.1 Å². The molecule has 1 aromatic rings. The monoisotopic (exact) mass is 604 g/mol. The predicted octanol–water partition coefficient (Wildman–Crippen LogP) is 1.27. The topological polar surface area (TPSA) is 149 Å². The first-order chi connectivity index (χ1) is 15.6. The highest BCUT2D eigenvalue weighted by atomic mass is 127. The van der Waals surface area contributed by atoms with E-state index in [2.05, 4.69) is 43.0 Å². The number of nitrogens with two attached hydrogens (primary N) is 1. The number of halogens is 1. The predicted molar refractivity (Wildman–Crippen MR) is 135 cm³/mol. The lowest BCUT2D eigenvalue weighted by molar-refractivity contribution is -0.149. The molecule has 0 saturated carbocycles. The van der Waals surface area contributed by atoms with Crippen LogP contribution in [-0.2, 0) is 23.6 Å². The van der Waals surface area contributed by atoms with Gasteiger partial charge >= 0.3 is 5.97 Å². The van der Waals surface area contributed by atoms with Gasteiger partial charge in [-0.2, -0.15) is 0 Å². The lowest BCUT2D eigenvalue weighted by Gasteiger charge is -2.50. The summed E-state index contributed by atoms with van der Waals surface area (Å²) < 4.78 is 6.26. The minimum atomic E-state index is -2.16. The number of carbonyl (C=O) groups excluding carboxylic acids is 3. The number of anilines is 1. The molecule has 14 heteroatoms. The third-order valence-electron chi connectivity index (χ3n) is 4.53. The fraction of sp³-hybridized carbons (Fsp3) is 0.474. The van der Waals surface area contributed by atoms with Gasteiger partial charge in [-0.15, -0.1) is 11.8 Å². The molecule has 2 aliphatic heterocycles. The van der Waals surface area contributed by atoms with E-state index in [-0.39, 0.29) is 24.2 Å². The van der Waals surface area contributed by atoms with E-state index in [4.69, 9.17) is 15.0 Å². The number of hydrogen-bond acceptors (Lipinski definition) is 10. The van der Waals surface area contributed by atoms with E-state index >= 15 is 0 Å². The number of nitrogens with zero attached hydrogens (tertiary/aromatic N) is 4. The molecule has 2 aliphatic rings. The van der Waals surface area contributed by atoms with Gasteiger partial charge in [0.2, 0.25) is 14.3 Å². The quantitative estimate of drug-likeness (QED) is 0.112. The van der Waals surface area contributed by atoms with E-state index in [0.29, 0.717) is 21.4 Å². The third kappa shape index (κ3) is 5.66. The van der Waals surface area contributed by atoms with Crippen LogP contribution in [0.4, 0.5) is 5.95 Å². The fourth-order valence-electron chi connectivity index (χ4n) is 3.13. The number of nitrogens with one attached hydrogen (secondary N) is 1. The molecule has 1 saturated heterocycles. The molecule has 3 rings (SSSR count). The summed E-state index contributed by atoms with van der Waals surface area (Å²) in [6.45, 7) is 7.69. The molecule has 0 bridgehead atoms. The number of oxime groups is 1. The number of β-lactam (4-membered cyclic amide) rings is 1. The second-order valence-corrected chi connectivity index (χ2v) is 14.4. The molecule has 1 unspecified atom stereocenters. The summed E-state index contributed by atoms with van der Waals surface area (Å²) in [6.07, 6.45) is 2.70. The summed E-state index contributed by atoms with van der Waals surface area (Å²) in [7, 11) is -2.16. The van der Waals surface area contributed by atoms with Gasteiger partial charge in [-0.25, -0.2) is 14.8 Å². The van der Waals surface area contributed by atoms with Gasteiger partial charge in [-0.3, -0.25) is 14.5 Å². The fourth-order valence-corrected chi connectivity index (χ4v) is 6.12. The number of fused-ring (bicyclic) bond motifs is 1. The Balaban J connectivity index is 1.80. The minimum Gasteiger partial charge on any atom is -0.515 e. The summed E-state index contributed by atoms with van der Waals surface area (Å²) >= 11 is 3.66. The smallest absolute Gasteiger partial charge is 0.341 e.